The normalized spacial score (nSPS) is 16.5. The summed E-state index contributed by atoms with van der Waals surface area (Å²) in [6.45, 7) is 6.43. The maximum Gasteiger partial charge on any atom is 0.193 e. The van der Waals surface area contributed by atoms with E-state index in [0.29, 0.717) is 50.3 Å². The number of allylic oxidation sites excluding steroid dienone is 1. The molecule has 2 N–H and O–H groups in total. The third-order valence-corrected chi connectivity index (χ3v) is 5.25. The van der Waals surface area contributed by atoms with Crippen molar-refractivity contribution in [1.82, 2.24) is 10.6 Å². The van der Waals surface area contributed by atoms with Gasteiger partial charge in [0.25, 0.3) is 0 Å². The molecule has 4 nitrogen and oxygen atoms in total. The molecule has 0 bridgehead atoms. The van der Waals surface area contributed by atoms with Crippen LogP contribution >= 0.6 is 35.4 Å². The minimum atomic E-state index is -0.481. The van der Waals surface area contributed by atoms with Crippen molar-refractivity contribution in [3.63, 3.8) is 0 Å². The van der Waals surface area contributed by atoms with Crippen LogP contribution in [0.3, 0.4) is 0 Å². The van der Waals surface area contributed by atoms with Crippen molar-refractivity contribution >= 4 is 46.3 Å². The largest absolute Gasteiger partial charge is 0.490 e. The fraction of sp³-hybridized carbons (Fsp3) is 0.273. The monoisotopic (exact) mass is 448 g/mol. The van der Waals surface area contributed by atoms with Crippen LogP contribution < -0.4 is 15.4 Å². The summed E-state index contributed by atoms with van der Waals surface area (Å²) in [4.78, 5) is 13.2. The number of ether oxygens (including phenoxy) is 1. The van der Waals surface area contributed by atoms with Gasteiger partial charge in [-0.05, 0) is 42.8 Å². The summed E-state index contributed by atoms with van der Waals surface area (Å²) in [5, 5.41) is 7.43. The average molecular weight is 449 g/mol. The van der Waals surface area contributed by atoms with Gasteiger partial charge in [0.2, 0.25) is 0 Å². The van der Waals surface area contributed by atoms with Crippen LogP contribution in [0.15, 0.2) is 53.7 Å². The molecule has 0 saturated heterocycles. The van der Waals surface area contributed by atoms with Crippen LogP contribution in [0.1, 0.15) is 42.7 Å². The molecule has 2 aromatic carbocycles. The van der Waals surface area contributed by atoms with Gasteiger partial charge in [0, 0.05) is 16.8 Å². The Balaban J connectivity index is 2.02. The van der Waals surface area contributed by atoms with E-state index in [1.165, 1.54) is 0 Å². The highest BCUT2D eigenvalue weighted by Crippen LogP contribution is 2.39. The minimum absolute atomic E-state index is 0.0945. The molecule has 0 fully saturated rings. The lowest BCUT2D eigenvalue weighted by molar-refractivity contribution is 0.102. The first-order chi connectivity index (χ1) is 13.8. The van der Waals surface area contributed by atoms with Gasteiger partial charge in [0.15, 0.2) is 16.6 Å². The van der Waals surface area contributed by atoms with Gasteiger partial charge in [0.1, 0.15) is 0 Å². The van der Waals surface area contributed by atoms with Gasteiger partial charge >= 0.3 is 0 Å². The second-order valence-corrected chi connectivity index (χ2v) is 8.51. The van der Waals surface area contributed by atoms with Gasteiger partial charge in [-0.25, -0.2) is 0 Å². The third kappa shape index (κ3) is 4.92. The number of thiocarbonyl (C=S) groups is 1. The molecular weight excluding hydrogens is 427 g/mol. The fourth-order valence-electron chi connectivity index (χ4n) is 3.12. The number of benzene rings is 2. The lowest BCUT2D eigenvalue weighted by Gasteiger charge is -2.31. The van der Waals surface area contributed by atoms with Crippen LogP contribution in [0, 0.1) is 5.92 Å². The summed E-state index contributed by atoms with van der Waals surface area (Å²) in [5.41, 5.74) is 2.59. The lowest BCUT2D eigenvalue weighted by Crippen LogP contribution is -2.44. The van der Waals surface area contributed by atoms with Gasteiger partial charge in [-0.3, -0.25) is 4.79 Å². The van der Waals surface area contributed by atoms with E-state index in [1.807, 2.05) is 39.0 Å². The topological polar surface area (TPSA) is 50.4 Å². The Morgan fingerprint density at radius 1 is 1.17 bits per heavy atom. The van der Waals surface area contributed by atoms with Crippen molar-refractivity contribution in [2.24, 2.45) is 5.92 Å². The zero-order valence-electron chi connectivity index (χ0n) is 16.4. The maximum atomic E-state index is 13.2. The molecule has 0 radical (unpaired) electrons. The van der Waals surface area contributed by atoms with Crippen LogP contribution in [-0.2, 0) is 0 Å². The van der Waals surface area contributed by atoms with E-state index in [1.54, 1.807) is 24.3 Å². The molecule has 29 heavy (non-hydrogen) atoms. The molecule has 0 aromatic heterocycles. The predicted molar refractivity (Wildman–Crippen MR) is 122 cm³/mol. The van der Waals surface area contributed by atoms with E-state index in [2.05, 4.69) is 10.6 Å². The van der Waals surface area contributed by atoms with Gasteiger partial charge < -0.3 is 15.4 Å². The molecule has 0 aliphatic carbocycles. The molecule has 1 atom stereocenters. The Labute approximate surface area is 186 Å². The van der Waals surface area contributed by atoms with E-state index < -0.39 is 6.04 Å². The van der Waals surface area contributed by atoms with Crippen molar-refractivity contribution in [2.75, 3.05) is 6.61 Å². The first-order valence-corrected chi connectivity index (χ1v) is 10.4. The molecular formula is C22H22Cl2N2O2S. The summed E-state index contributed by atoms with van der Waals surface area (Å²) >= 11 is 18.3. The van der Waals surface area contributed by atoms with Crippen molar-refractivity contribution in [1.29, 1.82) is 0 Å². The second-order valence-electron chi connectivity index (χ2n) is 7.28. The molecule has 0 spiro atoms. The molecule has 1 aliphatic rings. The molecule has 7 heteroatoms. The van der Waals surface area contributed by atoms with Gasteiger partial charge in [0.05, 0.1) is 22.7 Å². The van der Waals surface area contributed by atoms with Gasteiger partial charge in [-0.1, -0.05) is 67.4 Å². The van der Waals surface area contributed by atoms with Gasteiger partial charge in [-0.15, -0.1) is 0 Å². The van der Waals surface area contributed by atoms with Crippen molar-refractivity contribution < 1.29 is 9.53 Å². The molecule has 0 amide bonds. The van der Waals surface area contributed by atoms with E-state index in [-0.39, 0.29) is 5.78 Å². The molecule has 1 aliphatic heterocycles. The average Bonchev–Trinajstić information content (AvgIpc) is 2.66. The SMILES string of the molecule is CC1=C(C(=O)c2ccccc2)C(c2cc(Cl)c(OCC(C)C)c(Cl)c2)NC(=S)N1. The standard InChI is InChI=1S/C22H22Cl2N2O2S/c1-12(2)11-28-21-16(23)9-15(10-17(21)24)19-18(13(3)25-22(29)26-19)20(27)14-7-5-4-6-8-14/h4-10,12,19H,11H2,1-3H3,(H2,25,26,29). The van der Waals surface area contributed by atoms with Crippen LogP contribution in [0.25, 0.3) is 0 Å². The first-order valence-electron chi connectivity index (χ1n) is 9.27. The van der Waals surface area contributed by atoms with Crippen LogP contribution in [0.4, 0.5) is 0 Å². The lowest BCUT2D eigenvalue weighted by atomic mass is 9.89. The Kier molecular flexibility index (Phi) is 6.83. The Morgan fingerprint density at radius 2 is 1.79 bits per heavy atom. The number of hydrogen-bond donors (Lipinski definition) is 2. The molecule has 3 rings (SSSR count). The molecule has 1 unspecified atom stereocenters. The van der Waals surface area contributed by atoms with E-state index >= 15 is 0 Å². The summed E-state index contributed by atoms with van der Waals surface area (Å²) < 4.78 is 5.76. The number of rotatable bonds is 6. The quantitative estimate of drug-likeness (QED) is 0.438. The van der Waals surface area contributed by atoms with Crippen molar-refractivity contribution in [3.05, 3.63) is 74.9 Å². The van der Waals surface area contributed by atoms with Crippen molar-refractivity contribution in [2.45, 2.75) is 26.8 Å². The number of carbonyl (C=O) groups is 1. The summed E-state index contributed by atoms with van der Waals surface area (Å²) in [5.74, 6) is 0.688. The summed E-state index contributed by atoms with van der Waals surface area (Å²) in [6.07, 6.45) is 0. The maximum absolute atomic E-state index is 13.2. The Morgan fingerprint density at radius 3 is 2.38 bits per heavy atom. The summed E-state index contributed by atoms with van der Waals surface area (Å²) in [7, 11) is 0. The minimum Gasteiger partial charge on any atom is -0.490 e. The smallest absolute Gasteiger partial charge is 0.193 e. The molecule has 152 valence electrons. The highest BCUT2D eigenvalue weighted by atomic mass is 35.5. The van der Waals surface area contributed by atoms with Crippen LogP contribution in [-0.4, -0.2) is 17.5 Å². The van der Waals surface area contributed by atoms with Crippen LogP contribution in [0.5, 0.6) is 5.75 Å². The van der Waals surface area contributed by atoms with E-state index in [9.17, 15) is 4.79 Å². The number of nitrogens with one attached hydrogen (secondary N) is 2. The second kappa shape index (κ2) is 9.16. The van der Waals surface area contributed by atoms with E-state index in [4.69, 9.17) is 40.2 Å². The fourth-order valence-corrected chi connectivity index (χ4v) is 4.01. The van der Waals surface area contributed by atoms with Crippen LogP contribution in [0.2, 0.25) is 10.0 Å². The van der Waals surface area contributed by atoms with Crippen molar-refractivity contribution in [3.8, 4) is 5.75 Å². The Hall–Kier alpha value is -2.08. The highest BCUT2D eigenvalue weighted by Gasteiger charge is 2.31. The predicted octanol–water partition coefficient (Wildman–Crippen LogP) is 5.70. The molecule has 1 heterocycles. The number of ketones is 1. The molecule has 2 aromatic rings. The zero-order chi connectivity index (χ0) is 21.1. The summed E-state index contributed by atoms with van der Waals surface area (Å²) in [6, 6.07) is 12.2. The Bertz CT molecular complexity index is 951. The first kappa shape index (κ1) is 21.6. The number of carbonyl (C=O) groups excluding carboxylic acids is 1. The highest BCUT2D eigenvalue weighted by molar-refractivity contribution is 7.80. The van der Waals surface area contributed by atoms with E-state index in [0.717, 1.165) is 5.56 Å². The third-order valence-electron chi connectivity index (χ3n) is 4.46. The molecule has 0 saturated carbocycles. The van der Waals surface area contributed by atoms with Gasteiger partial charge in [-0.2, -0.15) is 0 Å². The number of halogens is 2. The number of Topliss-reactive ketones (excluding diaryl/α,β-unsaturated/α-hetero) is 1. The zero-order valence-corrected chi connectivity index (χ0v) is 18.7. The number of hydrogen-bond acceptors (Lipinski definition) is 3.